The first-order valence-corrected chi connectivity index (χ1v) is 6.91. The highest BCUT2D eigenvalue weighted by atomic mass is 16.5. The molecule has 2 heterocycles. The predicted molar refractivity (Wildman–Crippen MR) is 70.2 cm³/mol. The summed E-state index contributed by atoms with van der Waals surface area (Å²) in [5.74, 6) is 0. The Morgan fingerprint density at radius 1 is 1.17 bits per heavy atom. The first kappa shape index (κ1) is 10.8. The van der Waals surface area contributed by atoms with E-state index in [1.807, 2.05) is 0 Å². The fourth-order valence-electron chi connectivity index (χ4n) is 3.87. The van der Waals surface area contributed by atoms with Crippen LogP contribution in [0.5, 0.6) is 0 Å². The Balaban J connectivity index is 1.77. The van der Waals surface area contributed by atoms with Crippen LogP contribution in [0.2, 0.25) is 0 Å². The van der Waals surface area contributed by atoms with Crippen molar-refractivity contribution in [3.05, 3.63) is 41.0 Å². The van der Waals surface area contributed by atoms with Gasteiger partial charge in [0.2, 0.25) is 0 Å². The lowest BCUT2D eigenvalue weighted by Gasteiger charge is -2.38. The summed E-state index contributed by atoms with van der Waals surface area (Å²) in [5.41, 5.74) is 3.08. The zero-order valence-corrected chi connectivity index (χ0v) is 10.4. The van der Waals surface area contributed by atoms with E-state index in [0.29, 0.717) is 0 Å². The summed E-state index contributed by atoms with van der Waals surface area (Å²) in [6.07, 6.45) is 9.59. The number of benzene rings is 1. The highest BCUT2D eigenvalue weighted by Crippen LogP contribution is 2.45. The van der Waals surface area contributed by atoms with Crippen LogP contribution in [0.1, 0.15) is 42.4 Å². The SMILES string of the molecule is OC1(c2cccc3c2CC=C3)CC2CCC(C1)O2. The zero-order valence-electron chi connectivity index (χ0n) is 10.4. The van der Waals surface area contributed by atoms with Gasteiger partial charge in [-0.2, -0.15) is 0 Å². The molecule has 2 heteroatoms. The van der Waals surface area contributed by atoms with Gasteiger partial charge in [-0.3, -0.25) is 0 Å². The van der Waals surface area contributed by atoms with Gasteiger partial charge in [-0.1, -0.05) is 30.4 Å². The smallest absolute Gasteiger partial charge is 0.0948 e. The third kappa shape index (κ3) is 1.49. The van der Waals surface area contributed by atoms with Gasteiger partial charge in [0.15, 0.2) is 0 Å². The van der Waals surface area contributed by atoms with Crippen molar-refractivity contribution < 1.29 is 9.84 Å². The summed E-state index contributed by atoms with van der Waals surface area (Å²) in [6.45, 7) is 0. The Kier molecular flexibility index (Phi) is 2.21. The Morgan fingerprint density at radius 2 is 1.94 bits per heavy atom. The molecule has 3 aliphatic rings. The fourth-order valence-corrected chi connectivity index (χ4v) is 3.87. The average Bonchev–Trinajstić information content (AvgIpc) is 2.95. The van der Waals surface area contributed by atoms with Crippen LogP contribution in [0.3, 0.4) is 0 Å². The maximum absolute atomic E-state index is 11.1. The van der Waals surface area contributed by atoms with Gasteiger partial charge < -0.3 is 9.84 Å². The minimum Gasteiger partial charge on any atom is -0.385 e. The highest BCUT2D eigenvalue weighted by Gasteiger charge is 2.45. The summed E-state index contributed by atoms with van der Waals surface area (Å²) in [7, 11) is 0. The van der Waals surface area contributed by atoms with Crippen molar-refractivity contribution in [2.24, 2.45) is 0 Å². The molecule has 1 N–H and O–H groups in total. The Bertz CT molecular complexity index is 506. The van der Waals surface area contributed by atoms with Crippen molar-refractivity contribution >= 4 is 6.08 Å². The van der Waals surface area contributed by atoms with Crippen molar-refractivity contribution in [2.45, 2.75) is 49.9 Å². The summed E-state index contributed by atoms with van der Waals surface area (Å²) in [5, 5.41) is 11.1. The lowest BCUT2D eigenvalue weighted by molar-refractivity contribution is -0.115. The Labute approximate surface area is 107 Å². The average molecular weight is 242 g/mol. The van der Waals surface area contributed by atoms with Crippen LogP contribution in [-0.4, -0.2) is 17.3 Å². The largest absolute Gasteiger partial charge is 0.385 e. The minimum atomic E-state index is -0.665. The van der Waals surface area contributed by atoms with Gasteiger partial charge >= 0.3 is 0 Å². The van der Waals surface area contributed by atoms with Crippen molar-refractivity contribution in [3.8, 4) is 0 Å². The number of aliphatic hydroxyl groups is 1. The summed E-state index contributed by atoms with van der Waals surface area (Å²) in [6, 6.07) is 6.31. The number of hydrogen-bond acceptors (Lipinski definition) is 2. The Hall–Kier alpha value is -1.12. The molecule has 1 aromatic carbocycles. The molecule has 0 radical (unpaired) electrons. The molecule has 0 aromatic heterocycles. The molecule has 1 aromatic rings. The van der Waals surface area contributed by atoms with Crippen molar-refractivity contribution in [3.63, 3.8) is 0 Å². The van der Waals surface area contributed by atoms with Crippen LogP contribution in [-0.2, 0) is 16.8 Å². The number of fused-ring (bicyclic) bond motifs is 3. The van der Waals surface area contributed by atoms with Crippen molar-refractivity contribution in [2.75, 3.05) is 0 Å². The molecule has 2 aliphatic heterocycles. The molecular weight excluding hydrogens is 224 g/mol. The molecule has 0 saturated carbocycles. The molecule has 18 heavy (non-hydrogen) atoms. The molecule has 0 spiro atoms. The number of ether oxygens (including phenoxy) is 1. The first-order chi connectivity index (χ1) is 8.74. The third-order valence-electron chi connectivity index (χ3n) is 4.66. The monoisotopic (exact) mass is 242 g/mol. The van der Waals surface area contributed by atoms with Gasteiger partial charge in [0, 0.05) is 12.8 Å². The molecule has 94 valence electrons. The standard InChI is InChI=1S/C16H18O2/c17-16(9-12-7-8-13(10-16)18-12)15-6-2-4-11-3-1-5-14(11)15/h1-4,6,12-13,17H,5,7-10H2. The lowest BCUT2D eigenvalue weighted by atomic mass is 9.80. The second-order valence-corrected chi connectivity index (χ2v) is 5.88. The quantitative estimate of drug-likeness (QED) is 0.820. The van der Waals surface area contributed by atoms with Crippen LogP contribution in [0.15, 0.2) is 24.3 Å². The Morgan fingerprint density at radius 3 is 2.72 bits per heavy atom. The zero-order chi connectivity index (χ0) is 12.2. The first-order valence-electron chi connectivity index (χ1n) is 6.91. The maximum Gasteiger partial charge on any atom is 0.0948 e. The molecule has 2 fully saturated rings. The molecule has 2 unspecified atom stereocenters. The van der Waals surface area contributed by atoms with Crippen LogP contribution >= 0.6 is 0 Å². The van der Waals surface area contributed by atoms with Crippen molar-refractivity contribution in [1.82, 2.24) is 0 Å². The van der Waals surface area contributed by atoms with E-state index in [1.54, 1.807) is 0 Å². The number of rotatable bonds is 1. The molecule has 4 rings (SSSR count). The van der Waals surface area contributed by atoms with E-state index < -0.39 is 5.60 Å². The van der Waals surface area contributed by atoms with E-state index in [2.05, 4.69) is 30.4 Å². The fraction of sp³-hybridized carbons (Fsp3) is 0.500. The van der Waals surface area contributed by atoms with E-state index in [1.165, 1.54) is 11.1 Å². The van der Waals surface area contributed by atoms with E-state index >= 15 is 0 Å². The normalized spacial score (nSPS) is 36.9. The van der Waals surface area contributed by atoms with Crippen LogP contribution < -0.4 is 0 Å². The van der Waals surface area contributed by atoms with Gasteiger partial charge in [0.05, 0.1) is 17.8 Å². The van der Waals surface area contributed by atoms with Gasteiger partial charge in [-0.25, -0.2) is 0 Å². The summed E-state index contributed by atoms with van der Waals surface area (Å²) >= 11 is 0. The number of allylic oxidation sites excluding steroid dienone is 1. The molecule has 2 bridgehead atoms. The second-order valence-electron chi connectivity index (χ2n) is 5.88. The molecule has 2 nitrogen and oxygen atoms in total. The maximum atomic E-state index is 11.1. The van der Waals surface area contributed by atoms with E-state index in [4.69, 9.17) is 4.74 Å². The predicted octanol–water partition coefficient (Wildman–Crippen LogP) is 2.78. The molecular formula is C16H18O2. The topological polar surface area (TPSA) is 29.5 Å². The summed E-state index contributed by atoms with van der Waals surface area (Å²) in [4.78, 5) is 0. The molecule has 0 amide bonds. The van der Waals surface area contributed by atoms with Gasteiger partial charge in [-0.15, -0.1) is 0 Å². The van der Waals surface area contributed by atoms with Crippen molar-refractivity contribution in [1.29, 1.82) is 0 Å². The van der Waals surface area contributed by atoms with Gasteiger partial charge in [0.25, 0.3) is 0 Å². The second kappa shape index (κ2) is 3.69. The molecule has 1 aliphatic carbocycles. The van der Waals surface area contributed by atoms with Gasteiger partial charge in [0.1, 0.15) is 0 Å². The lowest BCUT2D eigenvalue weighted by Crippen LogP contribution is -2.39. The molecule has 2 atom stereocenters. The van der Waals surface area contributed by atoms with Gasteiger partial charge in [-0.05, 0) is 36.0 Å². The molecule has 2 saturated heterocycles. The number of hydrogen-bond donors (Lipinski definition) is 1. The van der Waals surface area contributed by atoms with Crippen LogP contribution in [0.4, 0.5) is 0 Å². The van der Waals surface area contributed by atoms with Crippen LogP contribution in [0.25, 0.3) is 6.08 Å². The van der Waals surface area contributed by atoms with E-state index in [9.17, 15) is 5.11 Å². The van der Waals surface area contributed by atoms with Crippen LogP contribution in [0, 0.1) is 0 Å². The summed E-state index contributed by atoms with van der Waals surface area (Å²) < 4.78 is 5.86. The van der Waals surface area contributed by atoms with E-state index in [0.717, 1.165) is 37.7 Å². The minimum absolute atomic E-state index is 0.263. The van der Waals surface area contributed by atoms with E-state index in [-0.39, 0.29) is 12.2 Å². The third-order valence-corrected chi connectivity index (χ3v) is 4.66. The highest BCUT2D eigenvalue weighted by molar-refractivity contribution is 5.62.